The molecule has 1 heterocycles. The predicted molar refractivity (Wildman–Crippen MR) is 50.2 cm³/mol. The fourth-order valence-corrected chi connectivity index (χ4v) is 0.975. The van der Waals surface area contributed by atoms with Crippen molar-refractivity contribution in [3.05, 3.63) is 11.9 Å². The highest BCUT2D eigenvalue weighted by Crippen LogP contribution is 2.00. The Kier molecular flexibility index (Phi) is 6.70. The molecule has 0 aliphatic rings. The summed E-state index contributed by atoms with van der Waals surface area (Å²) in [5.41, 5.74) is 6.40. The van der Waals surface area contributed by atoms with Gasteiger partial charge in [-0.1, -0.05) is 11.6 Å². The lowest BCUT2D eigenvalue weighted by Gasteiger charge is -1.94. The lowest BCUT2D eigenvalue weighted by atomic mass is 10.1. The molecular weight excluding hydrogens is 176 g/mol. The van der Waals surface area contributed by atoms with Crippen molar-refractivity contribution in [2.45, 2.75) is 25.7 Å². The Morgan fingerprint density at radius 2 is 2.17 bits per heavy atom. The summed E-state index contributed by atoms with van der Waals surface area (Å²) >= 11 is 0. The molecule has 0 bridgehead atoms. The number of hydrogen-bond donors (Lipinski definition) is 2. The molecule has 1 rings (SSSR count). The first-order valence-electron chi connectivity index (χ1n) is 3.99. The van der Waals surface area contributed by atoms with Crippen LogP contribution in [0.1, 0.15) is 25.0 Å². The molecule has 0 saturated carbocycles. The third kappa shape index (κ3) is 4.31. The van der Waals surface area contributed by atoms with Crippen molar-refractivity contribution in [2.24, 2.45) is 5.73 Å². The topological polar surface area (TPSA) is 67.6 Å². The first-order valence-corrected chi connectivity index (χ1v) is 3.99. The van der Waals surface area contributed by atoms with Gasteiger partial charge >= 0.3 is 0 Å². The number of hydrogen-bond acceptors (Lipinski definition) is 3. The summed E-state index contributed by atoms with van der Waals surface area (Å²) in [4.78, 5) is 0. The summed E-state index contributed by atoms with van der Waals surface area (Å²) in [6.07, 6.45) is 6.30. The van der Waals surface area contributed by atoms with Crippen LogP contribution in [0.3, 0.4) is 0 Å². The molecular formula is C7H15ClN4. The predicted octanol–water partition coefficient (Wildman–Crippen LogP) is 0.898. The first kappa shape index (κ1) is 11.4. The van der Waals surface area contributed by atoms with Gasteiger partial charge in [-0.25, -0.2) is 0 Å². The molecule has 1 aromatic heterocycles. The fraction of sp³-hybridized carbons (Fsp3) is 0.714. The van der Waals surface area contributed by atoms with Crippen LogP contribution >= 0.6 is 12.4 Å². The minimum atomic E-state index is 0. The normalized spacial score (nSPS) is 9.42. The molecule has 0 amide bonds. The summed E-state index contributed by atoms with van der Waals surface area (Å²) in [5, 5.41) is 10.2. The van der Waals surface area contributed by atoms with Crippen LogP contribution in [0.4, 0.5) is 0 Å². The Morgan fingerprint density at radius 1 is 1.33 bits per heavy atom. The Morgan fingerprint density at radius 3 is 2.75 bits per heavy atom. The molecule has 0 aliphatic heterocycles. The van der Waals surface area contributed by atoms with Gasteiger partial charge in [0.1, 0.15) is 0 Å². The molecule has 0 fully saturated rings. The van der Waals surface area contributed by atoms with Crippen LogP contribution < -0.4 is 5.73 Å². The van der Waals surface area contributed by atoms with Crippen molar-refractivity contribution in [1.82, 2.24) is 15.4 Å². The van der Waals surface area contributed by atoms with Gasteiger partial charge in [-0.05, 0) is 25.8 Å². The monoisotopic (exact) mass is 190 g/mol. The van der Waals surface area contributed by atoms with Crippen molar-refractivity contribution < 1.29 is 0 Å². The second-order valence-electron chi connectivity index (χ2n) is 2.56. The van der Waals surface area contributed by atoms with E-state index in [1.54, 1.807) is 0 Å². The Balaban J connectivity index is 0.00000121. The zero-order chi connectivity index (χ0) is 7.94. The van der Waals surface area contributed by atoms with Crippen molar-refractivity contribution in [2.75, 3.05) is 6.54 Å². The van der Waals surface area contributed by atoms with Crippen molar-refractivity contribution in [1.29, 1.82) is 0 Å². The number of aromatic nitrogens is 3. The van der Waals surface area contributed by atoms with E-state index in [4.69, 9.17) is 5.73 Å². The average molecular weight is 191 g/mol. The van der Waals surface area contributed by atoms with Crippen LogP contribution in [-0.4, -0.2) is 22.0 Å². The molecule has 0 unspecified atom stereocenters. The van der Waals surface area contributed by atoms with Crippen LogP contribution in [-0.2, 0) is 6.42 Å². The third-order valence-corrected chi connectivity index (χ3v) is 1.60. The first-order chi connectivity index (χ1) is 5.43. The Labute approximate surface area is 78.3 Å². The molecule has 3 N–H and O–H groups in total. The highest BCUT2D eigenvalue weighted by atomic mass is 35.5. The number of nitrogens with one attached hydrogen (secondary N) is 1. The van der Waals surface area contributed by atoms with E-state index in [9.17, 15) is 0 Å². The number of aromatic amines is 1. The van der Waals surface area contributed by atoms with E-state index in [0.29, 0.717) is 0 Å². The van der Waals surface area contributed by atoms with Gasteiger partial charge in [0, 0.05) is 6.20 Å². The van der Waals surface area contributed by atoms with Gasteiger partial charge in [0.2, 0.25) is 0 Å². The number of H-pyrrole nitrogens is 1. The van der Waals surface area contributed by atoms with Crippen molar-refractivity contribution in [3.63, 3.8) is 0 Å². The fourth-order valence-electron chi connectivity index (χ4n) is 0.975. The van der Waals surface area contributed by atoms with E-state index in [1.807, 2.05) is 6.20 Å². The zero-order valence-electron chi connectivity index (χ0n) is 6.99. The van der Waals surface area contributed by atoms with Crippen LogP contribution in [0.25, 0.3) is 0 Å². The maximum absolute atomic E-state index is 5.35. The molecule has 4 nitrogen and oxygen atoms in total. The molecule has 1 aromatic rings. The lowest BCUT2D eigenvalue weighted by Crippen LogP contribution is -1.98. The van der Waals surface area contributed by atoms with Gasteiger partial charge in [-0.15, -0.1) is 17.5 Å². The molecule has 12 heavy (non-hydrogen) atoms. The van der Waals surface area contributed by atoms with Gasteiger partial charge in [0.15, 0.2) is 0 Å². The van der Waals surface area contributed by atoms with Crippen LogP contribution in [0.5, 0.6) is 0 Å². The highest BCUT2D eigenvalue weighted by Gasteiger charge is 1.94. The number of unbranched alkanes of at least 4 members (excludes halogenated alkanes) is 2. The maximum Gasteiger partial charge on any atom is 0.0824 e. The second kappa shape index (κ2) is 7.06. The molecule has 0 saturated heterocycles. The molecule has 0 radical (unpaired) electrons. The molecule has 70 valence electrons. The van der Waals surface area contributed by atoms with Gasteiger partial charge in [0.05, 0.1) is 5.69 Å². The van der Waals surface area contributed by atoms with E-state index < -0.39 is 0 Å². The molecule has 5 heteroatoms. The van der Waals surface area contributed by atoms with E-state index >= 15 is 0 Å². The largest absolute Gasteiger partial charge is 0.330 e. The van der Waals surface area contributed by atoms with E-state index in [-0.39, 0.29) is 12.4 Å². The van der Waals surface area contributed by atoms with Gasteiger partial charge in [-0.2, -0.15) is 0 Å². The third-order valence-electron chi connectivity index (χ3n) is 1.60. The van der Waals surface area contributed by atoms with Crippen LogP contribution in [0.15, 0.2) is 6.20 Å². The molecule has 0 spiro atoms. The number of halogens is 1. The van der Waals surface area contributed by atoms with Gasteiger partial charge < -0.3 is 5.73 Å². The number of nitrogens with zero attached hydrogens (tertiary/aromatic N) is 2. The summed E-state index contributed by atoms with van der Waals surface area (Å²) < 4.78 is 0. The minimum absolute atomic E-state index is 0. The Bertz CT molecular complexity index is 176. The molecule has 0 aliphatic carbocycles. The standard InChI is InChI=1S/C7H14N4.ClH/c8-5-3-1-2-4-7-6-9-11-10-7;/h6H,1-5,8H2,(H,9,10,11);1H. The Hall–Kier alpha value is -0.610. The highest BCUT2D eigenvalue weighted by molar-refractivity contribution is 5.85. The summed E-state index contributed by atoms with van der Waals surface area (Å²) in [6.45, 7) is 0.790. The van der Waals surface area contributed by atoms with Gasteiger partial charge in [0.25, 0.3) is 0 Å². The van der Waals surface area contributed by atoms with Crippen molar-refractivity contribution in [3.8, 4) is 0 Å². The summed E-state index contributed by atoms with van der Waals surface area (Å²) in [7, 11) is 0. The van der Waals surface area contributed by atoms with E-state index in [0.717, 1.165) is 31.5 Å². The van der Waals surface area contributed by atoms with Crippen LogP contribution in [0.2, 0.25) is 0 Å². The second-order valence-corrected chi connectivity index (χ2v) is 2.56. The van der Waals surface area contributed by atoms with E-state index in [2.05, 4.69) is 15.4 Å². The van der Waals surface area contributed by atoms with Crippen LogP contribution in [0, 0.1) is 0 Å². The average Bonchev–Trinajstić information content (AvgIpc) is 2.50. The molecule has 0 aromatic carbocycles. The quantitative estimate of drug-likeness (QED) is 0.678. The molecule has 0 atom stereocenters. The summed E-state index contributed by atoms with van der Waals surface area (Å²) in [5.74, 6) is 0. The smallest absolute Gasteiger partial charge is 0.0824 e. The van der Waals surface area contributed by atoms with E-state index in [1.165, 1.54) is 6.42 Å². The number of nitrogens with two attached hydrogens (primary N) is 1. The van der Waals surface area contributed by atoms with Crippen molar-refractivity contribution >= 4 is 12.4 Å². The number of aryl methyl sites for hydroxylation is 1. The summed E-state index contributed by atoms with van der Waals surface area (Å²) in [6, 6.07) is 0. The van der Waals surface area contributed by atoms with Gasteiger partial charge in [-0.3, -0.25) is 5.10 Å². The number of rotatable bonds is 5. The zero-order valence-corrected chi connectivity index (χ0v) is 7.81. The maximum atomic E-state index is 5.35. The minimum Gasteiger partial charge on any atom is -0.330 e. The SMILES string of the molecule is Cl.NCCCCCc1c[nH]nn1. The lowest BCUT2D eigenvalue weighted by molar-refractivity contribution is 0.677.